The molecule has 1 aliphatic rings. The average Bonchev–Trinajstić information content (AvgIpc) is 2.75. The Morgan fingerprint density at radius 3 is 2.65 bits per heavy atom. The van der Waals surface area contributed by atoms with Crippen LogP contribution in [0.5, 0.6) is 5.75 Å². The quantitative estimate of drug-likeness (QED) is 0.857. The number of hydrogen-bond donors (Lipinski definition) is 1. The molecule has 1 heterocycles. The minimum atomic E-state index is -0.622. The molecule has 1 fully saturated rings. The summed E-state index contributed by atoms with van der Waals surface area (Å²) < 4.78 is 5.05. The summed E-state index contributed by atoms with van der Waals surface area (Å²) in [7, 11) is 1.61. The summed E-state index contributed by atoms with van der Waals surface area (Å²) in [5.41, 5.74) is 0.811. The van der Waals surface area contributed by atoms with Gasteiger partial charge < -0.3 is 14.7 Å². The lowest BCUT2D eigenvalue weighted by Gasteiger charge is -2.20. The zero-order valence-corrected chi connectivity index (χ0v) is 9.93. The van der Waals surface area contributed by atoms with Crippen LogP contribution in [0.1, 0.15) is 24.5 Å². The molecule has 0 aromatic heterocycles. The van der Waals surface area contributed by atoms with Crippen LogP contribution in [0.3, 0.4) is 0 Å². The van der Waals surface area contributed by atoms with Crippen molar-refractivity contribution in [3.05, 3.63) is 29.8 Å². The Balaban J connectivity index is 1.98. The van der Waals surface area contributed by atoms with E-state index < -0.39 is 6.10 Å². The molecule has 4 heteroatoms. The van der Waals surface area contributed by atoms with E-state index in [2.05, 4.69) is 0 Å². The Kier molecular flexibility index (Phi) is 3.64. The van der Waals surface area contributed by atoms with Crippen LogP contribution in [0.2, 0.25) is 0 Å². The number of rotatable bonds is 4. The van der Waals surface area contributed by atoms with Gasteiger partial charge in [0, 0.05) is 13.0 Å². The third-order valence-corrected chi connectivity index (χ3v) is 3.07. The summed E-state index contributed by atoms with van der Waals surface area (Å²) in [5.74, 6) is 0.899. The third kappa shape index (κ3) is 2.77. The van der Waals surface area contributed by atoms with E-state index in [0.717, 1.165) is 24.3 Å². The van der Waals surface area contributed by atoms with Crippen LogP contribution in [0.25, 0.3) is 0 Å². The molecule has 17 heavy (non-hydrogen) atoms. The molecule has 2 rings (SSSR count). The number of β-amino-alcohol motifs (C(OH)–C–C–N with tert-alkyl or cyclic N) is 1. The van der Waals surface area contributed by atoms with E-state index in [4.69, 9.17) is 4.74 Å². The van der Waals surface area contributed by atoms with Crippen LogP contribution in [0.4, 0.5) is 0 Å². The van der Waals surface area contributed by atoms with E-state index in [1.807, 2.05) is 24.3 Å². The molecule has 1 aliphatic heterocycles. The summed E-state index contributed by atoms with van der Waals surface area (Å²) in [6.07, 6.45) is 0.881. The Morgan fingerprint density at radius 2 is 2.12 bits per heavy atom. The molecule has 1 atom stereocenters. The van der Waals surface area contributed by atoms with Crippen molar-refractivity contribution in [3.8, 4) is 5.75 Å². The molecule has 1 saturated heterocycles. The van der Waals surface area contributed by atoms with E-state index >= 15 is 0 Å². The van der Waals surface area contributed by atoms with Gasteiger partial charge in [-0.15, -0.1) is 0 Å². The maximum Gasteiger partial charge on any atom is 0.222 e. The maximum absolute atomic E-state index is 11.4. The van der Waals surface area contributed by atoms with Crippen LogP contribution in [-0.2, 0) is 4.79 Å². The Hall–Kier alpha value is -1.55. The summed E-state index contributed by atoms with van der Waals surface area (Å²) >= 11 is 0. The van der Waals surface area contributed by atoms with Gasteiger partial charge in [-0.25, -0.2) is 0 Å². The molecule has 1 aromatic rings. The van der Waals surface area contributed by atoms with Gasteiger partial charge >= 0.3 is 0 Å². The minimum Gasteiger partial charge on any atom is -0.497 e. The van der Waals surface area contributed by atoms with E-state index in [-0.39, 0.29) is 5.91 Å². The summed E-state index contributed by atoms with van der Waals surface area (Å²) in [5, 5.41) is 10.0. The van der Waals surface area contributed by atoms with E-state index in [9.17, 15) is 9.90 Å². The smallest absolute Gasteiger partial charge is 0.222 e. The van der Waals surface area contributed by atoms with Gasteiger partial charge in [-0.3, -0.25) is 4.79 Å². The van der Waals surface area contributed by atoms with Gasteiger partial charge in [0.25, 0.3) is 0 Å². The van der Waals surface area contributed by atoms with Crippen molar-refractivity contribution in [2.45, 2.75) is 18.9 Å². The van der Waals surface area contributed by atoms with Crippen LogP contribution in [-0.4, -0.2) is 36.1 Å². The van der Waals surface area contributed by atoms with Crippen molar-refractivity contribution in [3.63, 3.8) is 0 Å². The van der Waals surface area contributed by atoms with Crippen LogP contribution < -0.4 is 4.74 Å². The number of methoxy groups -OCH3 is 1. The van der Waals surface area contributed by atoms with Crippen LogP contribution >= 0.6 is 0 Å². The zero-order valence-electron chi connectivity index (χ0n) is 9.93. The molecular formula is C13H17NO3. The van der Waals surface area contributed by atoms with Gasteiger partial charge in [-0.05, 0) is 24.1 Å². The molecular weight excluding hydrogens is 218 g/mol. The SMILES string of the molecule is COc1ccc(C(O)CN2CCCC2=O)cc1. The zero-order chi connectivity index (χ0) is 12.3. The minimum absolute atomic E-state index is 0.137. The van der Waals surface area contributed by atoms with Crippen LogP contribution in [0, 0.1) is 0 Å². The number of nitrogens with zero attached hydrogens (tertiary/aromatic N) is 1. The molecule has 1 amide bonds. The maximum atomic E-state index is 11.4. The van der Waals surface area contributed by atoms with Gasteiger partial charge in [0.15, 0.2) is 0 Å². The highest BCUT2D eigenvalue weighted by Crippen LogP contribution is 2.20. The highest BCUT2D eigenvalue weighted by Gasteiger charge is 2.23. The Labute approximate surface area is 101 Å². The molecule has 4 nitrogen and oxygen atoms in total. The second-order valence-corrected chi connectivity index (χ2v) is 4.23. The third-order valence-electron chi connectivity index (χ3n) is 3.07. The molecule has 0 spiro atoms. The standard InChI is InChI=1S/C13H17NO3/c1-17-11-6-4-10(5-7-11)12(15)9-14-8-2-3-13(14)16/h4-7,12,15H,2-3,8-9H2,1H3. The predicted molar refractivity (Wildman–Crippen MR) is 63.8 cm³/mol. The molecule has 92 valence electrons. The molecule has 0 aliphatic carbocycles. The number of benzene rings is 1. The van der Waals surface area contributed by atoms with Gasteiger partial charge in [0.05, 0.1) is 19.8 Å². The molecule has 0 saturated carbocycles. The van der Waals surface area contributed by atoms with Crippen molar-refractivity contribution < 1.29 is 14.6 Å². The first kappa shape index (κ1) is 11.9. The second-order valence-electron chi connectivity index (χ2n) is 4.23. The number of aliphatic hydroxyl groups is 1. The number of amides is 1. The fourth-order valence-electron chi connectivity index (χ4n) is 2.04. The first-order chi connectivity index (χ1) is 8.20. The number of hydrogen-bond acceptors (Lipinski definition) is 3. The summed E-state index contributed by atoms with van der Waals surface area (Å²) in [6.45, 7) is 1.14. The second kappa shape index (κ2) is 5.19. The lowest BCUT2D eigenvalue weighted by atomic mass is 10.1. The highest BCUT2D eigenvalue weighted by molar-refractivity contribution is 5.78. The Bertz CT molecular complexity index is 388. The van der Waals surface area contributed by atoms with Gasteiger partial charge in [-0.1, -0.05) is 12.1 Å². The van der Waals surface area contributed by atoms with Crippen molar-refractivity contribution >= 4 is 5.91 Å². The molecule has 1 aromatic carbocycles. The number of carbonyl (C=O) groups excluding carboxylic acids is 1. The molecule has 1 unspecified atom stereocenters. The van der Waals surface area contributed by atoms with Gasteiger partial charge in [-0.2, -0.15) is 0 Å². The molecule has 0 bridgehead atoms. The fraction of sp³-hybridized carbons (Fsp3) is 0.462. The van der Waals surface area contributed by atoms with E-state index in [1.165, 1.54) is 0 Å². The van der Waals surface area contributed by atoms with Crippen LogP contribution in [0.15, 0.2) is 24.3 Å². The van der Waals surface area contributed by atoms with Crippen molar-refractivity contribution in [2.24, 2.45) is 0 Å². The normalized spacial score (nSPS) is 17.3. The van der Waals surface area contributed by atoms with Crippen molar-refractivity contribution in [1.82, 2.24) is 4.90 Å². The summed E-state index contributed by atoms with van der Waals surface area (Å²) in [4.78, 5) is 13.2. The lowest BCUT2D eigenvalue weighted by molar-refractivity contribution is -0.128. The highest BCUT2D eigenvalue weighted by atomic mass is 16.5. The lowest BCUT2D eigenvalue weighted by Crippen LogP contribution is -2.29. The van der Waals surface area contributed by atoms with Crippen molar-refractivity contribution in [1.29, 1.82) is 0 Å². The van der Waals surface area contributed by atoms with E-state index in [1.54, 1.807) is 12.0 Å². The summed E-state index contributed by atoms with van der Waals surface area (Å²) in [6, 6.07) is 7.27. The fourth-order valence-corrected chi connectivity index (χ4v) is 2.04. The Morgan fingerprint density at radius 1 is 1.41 bits per heavy atom. The van der Waals surface area contributed by atoms with E-state index in [0.29, 0.717) is 13.0 Å². The first-order valence-corrected chi connectivity index (χ1v) is 5.80. The first-order valence-electron chi connectivity index (χ1n) is 5.80. The van der Waals surface area contributed by atoms with Gasteiger partial charge in [0.2, 0.25) is 5.91 Å². The predicted octanol–water partition coefficient (Wildman–Crippen LogP) is 1.35. The number of likely N-dealkylation sites (tertiary alicyclic amines) is 1. The largest absolute Gasteiger partial charge is 0.497 e. The average molecular weight is 235 g/mol. The topological polar surface area (TPSA) is 49.8 Å². The molecule has 0 radical (unpaired) electrons. The van der Waals surface area contributed by atoms with Crippen molar-refractivity contribution in [2.75, 3.05) is 20.2 Å². The number of aliphatic hydroxyl groups excluding tert-OH is 1. The number of carbonyl (C=O) groups is 1. The number of ether oxygens (including phenoxy) is 1. The van der Waals surface area contributed by atoms with Gasteiger partial charge in [0.1, 0.15) is 5.75 Å². The monoisotopic (exact) mass is 235 g/mol. The molecule has 1 N–H and O–H groups in total.